The zero-order valence-corrected chi connectivity index (χ0v) is 10.4. The van der Waals surface area contributed by atoms with Crippen LogP contribution in [0, 0.1) is 0 Å². The van der Waals surface area contributed by atoms with Crippen molar-refractivity contribution in [2.75, 3.05) is 38.5 Å². The topological polar surface area (TPSA) is 47.9 Å². The van der Waals surface area contributed by atoms with Gasteiger partial charge in [-0.3, -0.25) is 9.80 Å². The summed E-state index contributed by atoms with van der Waals surface area (Å²) in [7, 11) is 2.10. The molecule has 5 heteroatoms. The standard InChI is InChI=1S/C13H16N4O/c1-16-6-8-17(9-7-16)15-12-10-4-2-3-5-11(10)14-13(12)18/h2-5H,6-9H2,1H3,(H,14,15,18). The first kappa shape index (κ1) is 11.2. The molecule has 0 saturated carbocycles. The molecule has 1 aromatic carbocycles. The van der Waals surface area contributed by atoms with Crippen molar-refractivity contribution in [1.29, 1.82) is 0 Å². The van der Waals surface area contributed by atoms with E-state index in [1.165, 1.54) is 0 Å². The predicted molar refractivity (Wildman–Crippen MR) is 70.7 cm³/mol. The van der Waals surface area contributed by atoms with Crippen molar-refractivity contribution in [3.05, 3.63) is 29.8 Å². The van der Waals surface area contributed by atoms with Gasteiger partial charge in [-0.05, 0) is 13.1 Å². The molecule has 0 aliphatic carbocycles. The second kappa shape index (κ2) is 4.42. The number of carbonyl (C=O) groups is 1. The summed E-state index contributed by atoms with van der Waals surface area (Å²) in [4.78, 5) is 14.2. The predicted octanol–water partition coefficient (Wildman–Crippen LogP) is 0.590. The summed E-state index contributed by atoms with van der Waals surface area (Å²) in [5.74, 6) is -0.102. The molecule has 1 saturated heterocycles. The highest BCUT2D eigenvalue weighted by atomic mass is 16.2. The number of likely N-dealkylation sites (N-methyl/N-ethyl adjacent to an activating group) is 1. The molecule has 0 aromatic heterocycles. The molecule has 0 spiro atoms. The molecule has 3 rings (SSSR count). The van der Waals surface area contributed by atoms with E-state index in [1.54, 1.807) is 0 Å². The number of para-hydroxylation sites is 1. The van der Waals surface area contributed by atoms with Gasteiger partial charge in [0, 0.05) is 31.7 Å². The first-order valence-corrected chi connectivity index (χ1v) is 6.17. The number of hydrogen-bond donors (Lipinski definition) is 1. The minimum Gasteiger partial charge on any atom is -0.320 e. The Hall–Kier alpha value is -1.88. The highest BCUT2D eigenvalue weighted by Crippen LogP contribution is 2.23. The van der Waals surface area contributed by atoms with E-state index < -0.39 is 0 Å². The van der Waals surface area contributed by atoms with Crippen molar-refractivity contribution < 1.29 is 4.79 Å². The Bertz CT molecular complexity index is 503. The molecule has 2 heterocycles. The molecular weight excluding hydrogens is 228 g/mol. The summed E-state index contributed by atoms with van der Waals surface area (Å²) >= 11 is 0. The lowest BCUT2D eigenvalue weighted by Gasteiger charge is -2.30. The minimum absolute atomic E-state index is 0.102. The maximum absolute atomic E-state index is 11.9. The molecule has 94 valence electrons. The van der Waals surface area contributed by atoms with E-state index in [2.05, 4.69) is 22.4 Å². The average molecular weight is 244 g/mol. The van der Waals surface area contributed by atoms with Crippen molar-refractivity contribution >= 4 is 17.3 Å². The number of rotatable bonds is 1. The van der Waals surface area contributed by atoms with Gasteiger partial charge in [0.05, 0.1) is 5.69 Å². The molecule has 0 unspecified atom stereocenters. The van der Waals surface area contributed by atoms with Crippen molar-refractivity contribution in [3.8, 4) is 0 Å². The van der Waals surface area contributed by atoms with Gasteiger partial charge in [0.15, 0.2) is 5.71 Å². The first-order valence-electron chi connectivity index (χ1n) is 6.17. The summed E-state index contributed by atoms with van der Waals surface area (Å²) in [6, 6.07) is 7.68. The second-order valence-corrected chi connectivity index (χ2v) is 4.71. The minimum atomic E-state index is -0.102. The number of carbonyl (C=O) groups excluding carboxylic acids is 1. The fraction of sp³-hybridized carbons (Fsp3) is 0.385. The number of nitrogens with one attached hydrogen (secondary N) is 1. The van der Waals surface area contributed by atoms with Crippen molar-refractivity contribution in [2.45, 2.75) is 0 Å². The van der Waals surface area contributed by atoms with Crippen LogP contribution in [0.25, 0.3) is 0 Å². The molecular formula is C13H16N4O. The zero-order valence-electron chi connectivity index (χ0n) is 10.4. The quantitative estimate of drug-likeness (QED) is 0.786. The number of hydrogen-bond acceptors (Lipinski definition) is 4. The van der Waals surface area contributed by atoms with E-state index >= 15 is 0 Å². The van der Waals surface area contributed by atoms with Gasteiger partial charge in [0.1, 0.15) is 0 Å². The number of benzene rings is 1. The number of amides is 1. The maximum Gasteiger partial charge on any atom is 0.276 e. The van der Waals surface area contributed by atoms with E-state index in [1.807, 2.05) is 29.3 Å². The third-order valence-electron chi connectivity index (χ3n) is 3.37. The molecule has 2 aliphatic heterocycles. The van der Waals surface area contributed by atoms with Crippen LogP contribution in [0.2, 0.25) is 0 Å². The first-order chi connectivity index (χ1) is 8.74. The number of fused-ring (bicyclic) bond motifs is 1. The van der Waals surface area contributed by atoms with Crippen LogP contribution >= 0.6 is 0 Å². The number of anilines is 1. The monoisotopic (exact) mass is 244 g/mol. The van der Waals surface area contributed by atoms with Crippen molar-refractivity contribution in [1.82, 2.24) is 9.91 Å². The summed E-state index contributed by atoms with van der Waals surface area (Å²) in [6.07, 6.45) is 0. The normalized spacial score (nSPS) is 22.2. The Morgan fingerprint density at radius 3 is 2.67 bits per heavy atom. The highest BCUT2D eigenvalue weighted by Gasteiger charge is 2.26. The fourth-order valence-corrected chi connectivity index (χ4v) is 2.24. The fourth-order valence-electron chi connectivity index (χ4n) is 2.24. The average Bonchev–Trinajstić information content (AvgIpc) is 2.69. The Kier molecular flexibility index (Phi) is 2.76. The van der Waals surface area contributed by atoms with Gasteiger partial charge in [-0.25, -0.2) is 0 Å². The lowest BCUT2D eigenvalue weighted by Crippen LogP contribution is -2.42. The summed E-state index contributed by atoms with van der Waals surface area (Å²) in [5, 5.41) is 9.33. The molecule has 5 nitrogen and oxygen atoms in total. The lowest BCUT2D eigenvalue weighted by molar-refractivity contribution is -0.110. The van der Waals surface area contributed by atoms with Gasteiger partial charge >= 0.3 is 0 Å². The maximum atomic E-state index is 11.9. The van der Waals surface area contributed by atoms with Crippen LogP contribution in [0.1, 0.15) is 5.56 Å². The molecule has 2 aliphatic rings. The van der Waals surface area contributed by atoms with Gasteiger partial charge in [-0.15, -0.1) is 0 Å². The van der Waals surface area contributed by atoms with Crippen LogP contribution < -0.4 is 5.32 Å². The van der Waals surface area contributed by atoms with E-state index in [0.717, 1.165) is 37.4 Å². The molecule has 1 fully saturated rings. The number of piperazine rings is 1. The largest absolute Gasteiger partial charge is 0.320 e. The Balaban J connectivity index is 1.86. The van der Waals surface area contributed by atoms with Gasteiger partial charge in [-0.1, -0.05) is 18.2 Å². The molecule has 18 heavy (non-hydrogen) atoms. The van der Waals surface area contributed by atoms with Crippen LogP contribution in [0.5, 0.6) is 0 Å². The van der Waals surface area contributed by atoms with Crippen molar-refractivity contribution in [2.24, 2.45) is 5.10 Å². The SMILES string of the molecule is CN1CCN(N=C2C(=O)Nc3ccccc32)CC1. The zero-order chi connectivity index (χ0) is 12.5. The third-order valence-corrected chi connectivity index (χ3v) is 3.37. The molecule has 0 radical (unpaired) electrons. The molecule has 0 bridgehead atoms. The summed E-state index contributed by atoms with van der Waals surface area (Å²) < 4.78 is 0. The number of hydrazone groups is 1. The van der Waals surface area contributed by atoms with Gasteiger partial charge in [0.25, 0.3) is 5.91 Å². The molecule has 1 amide bonds. The highest BCUT2D eigenvalue weighted by molar-refractivity contribution is 6.53. The Morgan fingerprint density at radius 1 is 1.17 bits per heavy atom. The second-order valence-electron chi connectivity index (χ2n) is 4.71. The van der Waals surface area contributed by atoms with E-state index in [4.69, 9.17) is 0 Å². The van der Waals surface area contributed by atoms with Crippen LogP contribution in [-0.2, 0) is 4.79 Å². The van der Waals surface area contributed by atoms with Crippen LogP contribution in [0.15, 0.2) is 29.4 Å². The summed E-state index contributed by atoms with van der Waals surface area (Å²) in [5.41, 5.74) is 2.30. The van der Waals surface area contributed by atoms with Gasteiger partial charge < -0.3 is 10.2 Å². The smallest absolute Gasteiger partial charge is 0.276 e. The van der Waals surface area contributed by atoms with Crippen LogP contribution in [0.4, 0.5) is 5.69 Å². The van der Waals surface area contributed by atoms with Crippen LogP contribution in [0.3, 0.4) is 0 Å². The molecule has 1 aromatic rings. The van der Waals surface area contributed by atoms with Gasteiger partial charge in [0.2, 0.25) is 0 Å². The Labute approximate surface area is 106 Å². The number of nitrogens with zero attached hydrogens (tertiary/aromatic N) is 3. The third kappa shape index (κ3) is 1.97. The van der Waals surface area contributed by atoms with E-state index in [9.17, 15) is 4.79 Å². The summed E-state index contributed by atoms with van der Waals surface area (Å²) in [6.45, 7) is 3.71. The Morgan fingerprint density at radius 2 is 1.89 bits per heavy atom. The lowest BCUT2D eigenvalue weighted by atomic mass is 10.1. The van der Waals surface area contributed by atoms with E-state index in [-0.39, 0.29) is 5.91 Å². The van der Waals surface area contributed by atoms with E-state index in [0.29, 0.717) is 5.71 Å². The van der Waals surface area contributed by atoms with Gasteiger partial charge in [-0.2, -0.15) is 5.10 Å². The molecule has 0 atom stereocenters. The van der Waals surface area contributed by atoms with Crippen LogP contribution in [-0.4, -0.2) is 54.8 Å². The molecule has 1 N–H and O–H groups in total. The van der Waals surface area contributed by atoms with Crippen molar-refractivity contribution in [3.63, 3.8) is 0 Å².